The van der Waals surface area contributed by atoms with Crippen LogP contribution in [0.2, 0.25) is 0 Å². The van der Waals surface area contributed by atoms with E-state index in [9.17, 15) is 4.79 Å². The average molecular weight is 226 g/mol. The third-order valence-corrected chi connectivity index (χ3v) is 2.84. The molecule has 0 radical (unpaired) electrons. The molecule has 4 nitrogen and oxygen atoms in total. The maximum Gasteiger partial charge on any atom is 0.356 e. The summed E-state index contributed by atoms with van der Waals surface area (Å²) in [6, 6.07) is 0. The van der Waals surface area contributed by atoms with Crippen molar-refractivity contribution in [2.24, 2.45) is 0 Å². The number of nitrogens with zero attached hydrogens (tertiary/aromatic N) is 2. The quantitative estimate of drug-likeness (QED) is 0.596. The van der Waals surface area contributed by atoms with E-state index in [1.807, 2.05) is 0 Å². The summed E-state index contributed by atoms with van der Waals surface area (Å²) in [5.41, 5.74) is -0.00657. The van der Waals surface area contributed by atoms with E-state index >= 15 is 0 Å². The molecule has 0 spiro atoms. The second-order valence-corrected chi connectivity index (χ2v) is 4.22. The molecule has 82 valence electrons. The van der Waals surface area contributed by atoms with Crippen LogP contribution in [-0.2, 0) is 0 Å². The lowest BCUT2D eigenvalue weighted by molar-refractivity contribution is 0.0689. The van der Waals surface area contributed by atoms with Gasteiger partial charge in [0.1, 0.15) is 5.03 Å². The lowest BCUT2D eigenvalue weighted by atomic mass is 10.3. The van der Waals surface area contributed by atoms with Crippen LogP contribution in [0.4, 0.5) is 0 Å². The molecule has 0 aliphatic rings. The van der Waals surface area contributed by atoms with E-state index in [0.29, 0.717) is 0 Å². The molecule has 0 saturated carbocycles. The van der Waals surface area contributed by atoms with Crippen LogP contribution in [0.3, 0.4) is 0 Å². The first-order valence-electron chi connectivity index (χ1n) is 4.92. The van der Waals surface area contributed by atoms with E-state index < -0.39 is 5.97 Å². The van der Waals surface area contributed by atoms with E-state index in [1.54, 1.807) is 11.8 Å². The van der Waals surface area contributed by atoms with Gasteiger partial charge in [0, 0.05) is 0 Å². The van der Waals surface area contributed by atoms with Gasteiger partial charge >= 0.3 is 5.97 Å². The van der Waals surface area contributed by atoms with Crippen molar-refractivity contribution in [2.75, 3.05) is 5.75 Å². The van der Waals surface area contributed by atoms with Gasteiger partial charge in [-0.25, -0.2) is 14.8 Å². The summed E-state index contributed by atoms with van der Waals surface area (Å²) >= 11 is 1.61. The highest BCUT2D eigenvalue weighted by molar-refractivity contribution is 7.99. The Bertz CT molecular complexity index is 314. The van der Waals surface area contributed by atoms with Gasteiger partial charge in [0.25, 0.3) is 0 Å². The first kappa shape index (κ1) is 12.0. The summed E-state index contributed by atoms with van der Waals surface area (Å²) in [5.74, 6) is -0.0281. The van der Waals surface area contributed by atoms with Gasteiger partial charge in [-0.2, -0.15) is 0 Å². The van der Waals surface area contributed by atoms with Gasteiger partial charge in [0.05, 0.1) is 12.4 Å². The number of aromatic nitrogens is 2. The topological polar surface area (TPSA) is 63.1 Å². The molecule has 0 aliphatic heterocycles. The minimum atomic E-state index is -1.04. The fraction of sp³-hybridized carbons (Fsp3) is 0.500. The van der Waals surface area contributed by atoms with Gasteiger partial charge in [-0.3, -0.25) is 0 Å². The smallest absolute Gasteiger partial charge is 0.356 e. The maximum atomic E-state index is 10.5. The fourth-order valence-electron chi connectivity index (χ4n) is 1.03. The van der Waals surface area contributed by atoms with Crippen LogP contribution in [-0.4, -0.2) is 26.8 Å². The van der Waals surface area contributed by atoms with Crippen molar-refractivity contribution in [2.45, 2.75) is 31.2 Å². The molecule has 0 bridgehead atoms. The van der Waals surface area contributed by atoms with Gasteiger partial charge in [0.15, 0.2) is 5.69 Å². The van der Waals surface area contributed by atoms with Crippen molar-refractivity contribution in [3.8, 4) is 0 Å². The lowest BCUT2D eigenvalue weighted by Crippen LogP contribution is -2.00. The third kappa shape index (κ3) is 4.29. The molecular formula is C10H14N2O2S. The molecule has 1 rings (SSSR count). The monoisotopic (exact) mass is 226 g/mol. The number of rotatable bonds is 6. The number of unbranched alkanes of at least 4 members (excludes halogenated alkanes) is 2. The second-order valence-electron chi connectivity index (χ2n) is 3.10. The molecule has 0 fully saturated rings. The predicted octanol–water partition coefficient (Wildman–Crippen LogP) is 2.46. The second kappa shape index (κ2) is 6.40. The van der Waals surface area contributed by atoms with Crippen LogP contribution in [0.1, 0.15) is 36.7 Å². The van der Waals surface area contributed by atoms with Crippen molar-refractivity contribution < 1.29 is 9.90 Å². The molecule has 1 aromatic heterocycles. The van der Waals surface area contributed by atoms with Crippen molar-refractivity contribution in [3.05, 3.63) is 18.1 Å². The SMILES string of the molecule is CCCCCSc1cnc(C(=O)O)cn1. The van der Waals surface area contributed by atoms with Crippen molar-refractivity contribution in [1.82, 2.24) is 9.97 Å². The number of carboxylic acid groups (broad SMARTS) is 1. The lowest BCUT2D eigenvalue weighted by Gasteiger charge is -1.99. The largest absolute Gasteiger partial charge is 0.476 e. The van der Waals surface area contributed by atoms with Crippen LogP contribution in [0, 0.1) is 0 Å². The number of thioether (sulfide) groups is 1. The minimum Gasteiger partial charge on any atom is -0.476 e. The van der Waals surface area contributed by atoms with Crippen LogP contribution >= 0.6 is 11.8 Å². The van der Waals surface area contributed by atoms with Crippen LogP contribution in [0.5, 0.6) is 0 Å². The Morgan fingerprint density at radius 2 is 2.20 bits per heavy atom. The van der Waals surface area contributed by atoms with E-state index in [4.69, 9.17) is 5.11 Å². The highest BCUT2D eigenvalue weighted by Crippen LogP contribution is 2.15. The van der Waals surface area contributed by atoms with Crippen molar-refractivity contribution in [3.63, 3.8) is 0 Å². The molecule has 1 aromatic rings. The van der Waals surface area contributed by atoms with Gasteiger partial charge in [-0.05, 0) is 12.2 Å². The summed E-state index contributed by atoms with van der Waals surface area (Å²) in [6.45, 7) is 2.16. The summed E-state index contributed by atoms with van der Waals surface area (Å²) in [5, 5.41) is 9.40. The van der Waals surface area contributed by atoms with Crippen LogP contribution in [0.25, 0.3) is 0 Å². The molecule has 5 heteroatoms. The molecule has 0 aliphatic carbocycles. The summed E-state index contributed by atoms with van der Waals surface area (Å²) in [6.07, 6.45) is 6.38. The average Bonchev–Trinajstić information content (AvgIpc) is 2.25. The molecule has 1 heterocycles. The Morgan fingerprint density at radius 3 is 2.73 bits per heavy atom. The highest BCUT2D eigenvalue weighted by atomic mass is 32.2. The summed E-state index contributed by atoms with van der Waals surface area (Å²) in [4.78, 5) is 18.3. The van der Waals surface area contributed by atoms with E-state index in [-0.39, 0.29) is 5.69 Å². The number of carboxylic acids is 1. The molecule has 0 aromatic carbocycles. The Hall–Kier alpha value is -1.10. The maximum absolute atomic E-state index is 10.5. The Kier molecular flexibility index (Phi) is 5.10. The van der Waals surface area contributed by atoms with Gasteiger partial charge in [-0.15, -0.1) is 11.8 Å². The standard InChI is InChI=1S/C10H14N2O2S/c1-2-3-4-5-15-9-7-11-8(6-12-9)10(13)14/h6-7H,2-5H2,1H3,(H,13,14). The van der Waals surface area contributed by atoms with Gasteiger partial charge in [0.2, 0.25) is 0 Å². The zero-order valence-electron chi connectivity index (χ0n) is 8.64. The van der Waals surface area contributed by atoms with E-state index in [0.717, 1.165) is 17.2 Å². The third-order valence-electron chi connectivity index (χ3n) is 1.85. The first-order valence-corrected chi connectivity index (χ1v) is 5.90. The Labute approximate surface area is 93.1 Å². The van der Waals surface area contributed by atoms with Crippen LogP contribution in [0.15, 0.2) is 17.4 Å². The molecule has 1 N–H and O–H groups in total. The van der Waals surface area contributed by atoms with Crippen molar-refractivity contribution in [1.29, 1.82) is 0 Å². The number of aromatic carboxylic acids is 1. The fourth-order valence-corrected chi connectivity index (χ4v) is 1.84. The number of carbonyl (C=O) groups is 1. The zero-order valence-corrected chi connectivity index (χ0v) is 9.46. The highest BCUT2D eigenvalue weighted by Gasteiger charge is 2.04. The predicted molar refractivity (Wildman–Crippen MR) is 59.2 cm³/mol. The zero-order chi connectivity index (χ0) is 11.1. The van der Waals surface area contributed by atoms with Crippen molar-refractivity contribution >= 4 is 17.7 Å². The Morgan fingerprint density at radius 1 is 1.40 bits per heavy atom. The molecule has 0 saturated heterocycles. The van der Waals surface area contributed by atoms with E-state index in [1.165, 1.54) is 25.2 Å². The molecule has 0 unspecified atom stereocenters. The first-order chi connectivity index (χ1) is 7.24. The normalized spacial score (nSPS) is 10.2. The van der Waals surface area contributed by atoms with Gasteiger partial charge in [-0.1, -0.05) is 19.8 Å². The Balaban J connectivity index is 2.39. The molecule has 0 atom stereocenters. The summed E-state index contributed by atoms with van der Waals surface area (Å²) in [7, 11) is 0. The van der Waals surface area contributed by atoms with Gasteiger partial charge < -0.3 is 5.11 Å². The number of hydrogen-bond acceptors (Lipinski definition) is 4. The van der Waals surface area contributed by atoms with E-state index in [2.05, 4.69) is 16.9 Å². The molecule has 0 amide bonds. The molecule has 15 heavy (non-hydrogen) atoms. The van der Waals surface area contributed by atoms with Crippen LogP contribution < -0.4 is 0 Å². The number of hydrogen-bond donors (Lipinski definition) is 1. The molecular weight excluding hydrogens is 212 g/mol. The minimum absolute atomic E-state index is 0.00657. The summed E-state index contributed by atoms with van der Waals surface area (Å²) < 4.78 is 0.